The number of rotatable bonds is 3. The second kappa shape index (κ2) is 4.73. The third-order valence-corrected chi connectivity index (χ3v) is 1.99. The number of nitrogens with zero attached hydrogens (tertiary/aromatic N) is 1. The highest BCUT2D eigenvalue weighted by molar-refractivity contribution is 5.15. The highest BCUT2D eigenvalue weighted by atomic mass is 16.5. The number of aromatic nitrogens is 1. The van der Waals surface area contributed by atoms with Gasteiger partial charge in [-0.25, -0.2) is 0 Å². The lowest BCUT2D eigenvalue weighted by Gasteiger charge is -2.30. The van der Waals surface area contributed by atoms with E-state index >= 15 is 0 Å². The van der Waals surface area contributed by atoms with Crippen molar-refractivity contribution in [1.82, 2.24) is 4.98 Å². The van der Waals surface area contributed by atoms with E-state index in [0.717, 1.165) is 5.56 Å². The molecule has 0 aliphatic rings. The first-order chi connectivity index (χ1) is 6.90. The van der Waals surface area contributed by atoms with Crippen molar-refractivity contribution in [2.45, 2.75) is 45.4 Å². The lowest BCUT2D eigenvalue weighted by molar-refractivity contribution is -0.0701. The molecule has 0 bridgehead atoms. The molecule has 0 aliphatic heterocycles. The van der Waals surface area contributed by atoms with Crippen LogP contribution in [-0.2, 0) is 4.74 Å². The maximum absolute atomic E-state index is 5.93. The van der Waals surface area contributed by atoms with Gasteiger partial charge >= 0.3 is 0 Å². The molecule has 1 aromatic heterocycles. The van der Waals surface area contributed by atoms with Crippen LogP contribution in [0, 0.1) is 0 Å². The van der Waals surface area contributed by atoms with Gasteiger partial charge in [0.2, 0.25) is 0 Å². The maximum atomic E-state index is 5.93. The van der Waals surface area contributed by atoms with Gasteiger partial charge in [0.15, 0.2) is 0 Å². The zero-order valence-electron chi connectivity index (χ0n) is 9.90. The van der Waals surface area contributed by atoms with Crippen molar-refractivity contribution in [3.63, 3.8) is 0 Å². The zero-order valence-corrected chi connectivity index (χ0v) is 9.90. The SMILES string of the molecule is CC(N)C(OC(C)(C)C)c1ccncc1. The standard InChI is InChI=1S/C12H20N2O/c1-9(13)11(15-12(2,3)4)10-5-7-14-8-6-10/h5-9,11H,13H2,1-4H3. The van der Waals surface area contributed by atoms with E-state index in [-0.39, 0.29) is 17.7 Å². The Hall–Kier alpha value is -0.930. The number of hydrogen-bond donors (Lipinski definition) is 1. The molecule has 0 saturated heterocycles. The van der Waals surface area contributed by atoms with Gasteiger partial charge in [0.25, 0.3) is 0 Å². The summed E-state index contributed by atoms with van der Waals surface area (Å²) < 4.78 is 5.93. The first-order valence-electron chi connectivity index (χ1n) is 5.23. The second-order valence-electron chi connectivity index (χ2n) is 4.79. The van der Waals surface area contributed by atoms with Gasteiger partial charge in [-0.1, -0.05) is 0 Å². The quantitative estimate of drug-likeness (QED) is 0.829. The molecule has 3 heteroatoms. The van der Waals surface area contributed by atoms with Crippen LogP contribution in [0.2, 0.25) is 0 Å². The topological polar surface area (TPSA) is 48.1 Å². The van der Waals surface area contributed by atoms with Gasteiger partial charge in [0, 0.05) is 18.4 Å². The Balaban J connectivity index is 2.85. The van der Waals surface area contributed by atoms with Crippen molar-refractivity contribution in [2.75, 3.05) is 0 Å². The Labute approximate surface area is 91.7 Å². The normalized spacial score (nSPS) is 16.1. The molecule has 1 aromatic rings. The summed E-state index contributed by atoms with van der Waals surface area (Å²) >= 11 is 0. The molecule has 2 N–H and O–H groups in total. The summed E-state index contributed by atoms with van der Waals surface area (Å²) in [7, 11) is 0. The van der Waals surface area contributed by atoms with Gasteiger partial charge in [-0.3, -0.25) is 4.98 Å². The molecule has 0 amide bonds. The van der Waals surface area contributed by atoms with E-state index in [2.05, 4.69) is 4.98 Å². The zero-order chi connectivity index (χ0) is 11.5. The van der Waals surface area contributed by atoms with Crippen molar-refractivity contribution < 1.29 is 4.74 Å². The van der Waals surface area contributed by atoms with E-state index in [9.17, 15) is 0 Å². The van der Waals surface area contributed by atoms with Crippen molar-refractivity contribution in [2.24, 2.45) is 5.73 Å². The molecule has 1 heterocycles. The Morgan fingerprint density at radius 1 is 1.27 bits per heavy atom. The molecule has 1 rings (SSSR count). The smallest absolute Gasteiger partial charge is 0.0981 e. The van der Waals surface area contributed by atoms with E-state index in [1.165, 1.54) is 0 Å². The predicted octanol–water partition coefficient (Wildman–Crippen LogP) is 2.29. The third kappa shape index (κ3) is 3.98. The predicted molar refractivity (Wildman–Crippen MR) is 61.5 cm³/mol. The van der Waals surface area contributed by atoms with Crippen molar-refractivity contribution in [1.29, 1.82) is 0 Å². The van der Waals surface area contributed by atoms with Crippen LogP contribution >= 0.6 is 0 Å². The number of ether oxygens (including phenoxy) is 1. The molecule has 3 nitrogen and oxygen atoms in total. The molecule has 0 saturated carbocycles. The molecule has 0 spiro atoms. The minimum Gasteiger partial charge on any atom is -0.366 e. The van der Waals surface area contributed by atoms with Crippen molar-refractivity contribution >= 4 is 0 Å². The largest absolute Gasteiger partial charge is 0.366 e. The maximum Gasteiger partial charge on any atom is 0.0981 e. The van der Waals surface area contributed by atoms with Crippen LogP contribution in [0.4, 0.5) is 0 Å². The minimum atomic E-state index is -0.193. The number of hydrogen-bond acceptors (Lipinski definition) is 3. The lowest BCUT2D eigenvalue weighted by atomic mass is 10.0. The molecule has 0 fully saturated rings. The summed E-state index contributed by atoms with van der Waals surface area (Å²) in [5.41, 5.74) is 6.82. The van der Waals surface area contributed by atoms with Crippen LogP contribution in [0.1, 0.15) is 39.4 Å². The average molecular weight is 208 g/mol. The van der Waals surface area contributed by atoms with E-state index in [1.807, 2.05) is 39.8 Å². The fraction of sp³-hybridized carbons (Fsp3) is 0.583. The molecular weight excluding hydrogens is 188 g/mol. The fourth-order valence-corrected chi connectivity index (χ4v) is 1.41. The van der Waals surface area contributed by atoms with Gasteiger partial charge < -0.3 is 10.5 Å². The van der Waals surface area contributed by atoms with Gasteiger partial charge in [-0.2, -0.15) is 0 Å². The minimum absolute atomic E-state index is 0.0355. The molecule has 0 radical (unpaired) electrons. The summed E-state index contributed by atoms with van der Waals surface area (Å²) in [4.78, 5) is 3.99. The van der Waals surface area contributed by atoms with E-state index in [0.29, 0.717) is 0 Å². The number of pyridine rings is 1. The Morgan fingerprint density at radius 2 is 1.80 bits per heavy atom. The first kappa shape index (κ1) is 12.1. The highest BCUT2D eigenvalue weighted by Crippen LogP contribution is 2.25. The van der Waals surface area contributed by atoms with E-state index in [1.54, 1.807) is 12.4 Å². The van der Waals surface area contributed by atoms with Crippen molar-refractivity contribution in [3.8, 4) is 0 Å². The van der Waals surface area contributed by atoms with E-state index < -0.39 is 0 Å². The molecule has 0 aliphatic carbocycles. The van der Waals surface area contributed by atoms with Crippen LogP contribution in [0.3, 0.4) is 0 Å². The van der Waals surface area contributed by atoms with Gasteiger partial charge in [-0.05, 0) is 45.4 Å². The van der Waals surface area contributed by atoms with Gasteiger partial charge in [0.05, 0.1) is 11.7 Å². The van der Waals surface area contributed by atoms with Gasteiger partial charge in [0.1, 0.15) is 0 Å². The summed E-state index contributed by atoms with van der Waals surface area (Å²) in [5.74, 6) is 0. The Morgan fingerprint density at radius 3 is 2.20 bits per heavy atom. The van der Waals surface area contributed by atoms with Crippen LogP contribution < -0.4 is 5.73 Å². The molecule has 2 atom stereocenters. The molecule has 0 aromatic carbocycles. The second-order valence-corrected chi connectivity index (χ2v) is 4.79. The number of nitrogens with two attached hydrogens (primary N) is 1. The summed E-state index contributed by atoms with van der Waals surface area (Å²) in [6.45, 7) is 8.05. The van der Waals surface area contributed by atoms with E-state index in [4.69, 9.17) is 10.5 Å². The van der Waals surface area contributed by atoms with Crippen LogP contribution in [0.15, 0.2) is 24.5 Å². The van der Waals surface area contributed by atoms with Crippen LogP contribution in [-0.4, -0.2) is 16.6 Å². The Bertz CT molecular complexity index is 290. The summed E-state index contributed by atoms with van der Waals surface area (Å²) in [6.07, 6.45) is 3.45. The lowest BCUT2D eigenvalue weighted by Crippen LogP contribution is -2.33. The van der Waals surface area contributed by atoms with Crippen LogP contribution in [0.5, 0.6) is 0 Å². The molecular formula is C12H20N2O. The molecule has 15 heavy (non-hydrogen) atoms. The fourth-order valence-electron chi connectivity index (χ4n) is 1.41. The van der Waals surface area contributed by atoms with Crippen molar-refractivity contribution in [3.05, 3.63) is 30.1 Å². The first-order valence-corrected chi connectivity index (χ1v) is 5.23. The molecule has 84 valence electrons. The summed E-state index contributed by atoms with van der Waals surface area (Å²) in [5, 5.41) is 0. The average Bonchev–Trinajstić information content (AvgIpc) is 2.14. The molecule has 2 unspecified atom stereocenters. The highest BCUT2D eigenvalue weighted by Gasteiger charge is 2.23. The third-order valence-electron chi connectivity index (χ3n) is 1.99. The van der Waals surface area contributed by atoms with Gasteiger partial charge in [-0.15, -0.1) is 0 Å². The van der Waals surface area contributed by atoms with Crippen LogP contribution in [0.25, 0.3) is 0 Å². The summed E-state index contributed by atoms with van der Waals surface area (Å²) in [6, 6.07) is 3.85. The Kier molecular flexibility index (Phi) is 3.83. The monoisotopic (exact) mass is 208 g/mol.